The average Bonchev–Trinajstić information content (AvgIpc) is 2.64. The predicted octanol–water partition coefficient (Wildman–Crippen LogP) is 2.75. The van der Waals surface area contributed by atoms with E-state index in [1.165, 1.54) is 12.4 Å². The molecule has 2 amide bonds. The third kappa shape index (κ3) is 6.85. The molecule has 29 heavy (non-hydrogen) atoms. The van der Waals surface area contributed by atoms with Gasteiger partial charge in [0.05, 0.1) is 0 Å². The lowest BCUT2D eigenvalue weighted by molar-refractivity contribution is 0.0917. The van der Waals surface area contributed by atoms with Crippen molar-refractivity contribution in [1.82, 2.24) is 20.2 Å². The van der Waals surface area contributed by atoms with Gasteiger partial charge in [-0.3, -0.25) is 19.4 Å². The van der Waals surface area contributed by atoms with Gasteiger partial charge in [0.1, 0.15) is 11.1 Å². The second-order valence-corrected chi connectivity index (χ2v) is 8.58. The summed E-state index contributed by atoms with van der Waals surface area (Å²) in [6, 6.07) is 3.61. The first-order chi connectivity index (χ1) is 13.6. The van der Waals surface area contributed by atoms with Crippen LogP contribution >= 0.6 is 0 Å². The summed E-state index contributed by atoms with van der Waals surface area (Å²) in [6.07, 6.45) is 7.21. The van der Waals surface area contributed by atoms with E-state index in [2.05, 4.69) is 29.5 Å². The quantitative estimate of drug-likeness (QED) is 0.750. The first-order valence-electron chi connectivity index (χ1n) is 9.80. The highest BCUT2D eigenvalue weighted by atomic mass is 16.2. The molecule has 0 unspecified atom stereocenters. The number of amides is 2. The van der Waals surface area contributed by atoms with Crippen molar-refractivity contribution in [2.75, 3.05) is 0 Å². The molecule has 7 nitrogen and oxygen atoms in total. The first-order valence-corrected chi connectivity index (χ1v) is 9.80. The Bertz CT molecular complexity index is 912. The lowest BCUT2D eigenvalue weighted by Gasteiger charge is -2.21. The van der Waals surface area contributed by atoms with E-state index in [-0.39, 0.29) is 17.7 Å². The summed E-state index contributed by atoms with van der Waals surface area (Å²) in [5.74, 6) is -0.547. The Morgan fingerprint density at radius 2 is 1.79 bits per heavy atom. The van der Waals surface area contributed by atoms with Crippen LogP contribution in [0.3, 0.4) is 0 Å². The number of hydrogen-bond acceptors (Lipinski definition) is 4. The highest BCUT2D eigenvalue weighted by Gasteiger charge is 2.22. The zero-order chi connectivity index (χ0) is 21.6. The van der Waals surface area contributed by atoms with Gasteiger partial charge >= 0.3 is 0 Å². The monoisotopic (exact) mass is 398 g/mol. The highest BCUT2D eigenvalue weighted by Crippen LogP contribution is 2.08. The maximum absolute atomic E-state index is 12.9. The van der Waals surface area contributed by atoms with Crippen molar-refractivity contribution in [3.05, 3.63) is 63.8 Å². The molecular weight excluding hydrogens is 368 g/mol. The molecule has 2 heterocycles. The van der Waals surface area contributed by atoms with Crippen LogP contribution in [0.25, 0.3) is 0 Å². The topological polar surface area (TPSA) is 93.1 Å². The van der Waals surface area contributed by atoms with Crippen LogP contribution < -0.4 is 16.1 Å². The molecule has 0 saturated heterocycles. The van der Waals surface area contributed by atoms with E-state index in [4.69, 9.17) is 0 Å². The van der Waals surface area contributed by atoms with Gasteiger partial charge in [-0.2, -0.15) is 0 Å². The summed E-state index contributed by atoms with van der Waals surface area (Å²) in [5, 5.41) is 5.54. The first kappa shape index (κ1) is 22.3. The van der Waals surface area contributed by atoms with Gasteiger partial charge < -0.3 is 15.2 Å². The Hall–Kier alpha value is -2.96. The van der Waals surface area contributed by atoms with Crippen molar-refractivity contribution >= 4 is 11.8 Å². The van der Waals surface area contributed by atoms with Gasteiger partial charge in [0, 0.05) is 43.4 Å². The molecule has 2 rings (SSSR count). The van der Waals surface area contributed by atoms with Crippen LogP contribution in [0, 0.1) is 5.92 Å². The average molecular weight is 399 g/mol. The molecule has 2 aromatic heterocycles. The van der Waals surface area contributed by atoms with Crippen LogP contribution in [0.2, 0.25) is 0 Å². The molecule has 0 saturated carbocycles. The smallest absolute Gasteiger partial charge is 0.257 e. The second kappa shape index (κ2) is 9.49. The highest BCUT2D eigenvalue weighted by molar-refractivity contribution is 5.99. The number of hydrogen-bond donors (Lipinski definition) is 2. The second-order valence-electron chi connectivity index (χ2n) is 8.58. The Labute approximate surface area is 171 Å². The lowest BCUT2D eigenvalue weighted by atomic mass is 10.1. The van der Waals surface area contributed by atoms with E-state index in [0.717, 1.165) is 12.0 Å². The molecule has 2 N–H and O–H groups in total. The SMILES string of the molecule is CC(C)CCn1cc(C(=O)NCc2cccnc2)c(=O)c(C(=O)NC(C)(C)C)c1. The summed E-state index contributed by atoms with van der Waals surface area (Å²) >= 11 is 0. The van der Waals surface area contributed by atoms with Crippen LogP contribution in [0.5, 0.6) is 0 Å². The van der Waals surface area contributed by atoms with E-state index in [0.29, 0.717) is 12.5 Å². The molecule has 0 aromatic carbocycles. The minimum Gasteiger partial charge on any atom is -0.352 e. The minimum absolute atomic E-state index is 0.0299. The number of aromatic nitrogens is 2. The molecule has 0 radical (unpaired) electrons. The third-order valence-corrected chi connectivity index (χ3v) is 4.20. The summed E-state index contributed by atoms with van der Waals surface area (Å²) in [6.45, 7) is 10.6. The van der Waals surface area contributed by atoms with Crippen molar-refractivity contribution in [2.45, 2.75) is 59.7 Å². The number of carbonyl (C=O) groups is 2. The summed E-state index contributed by atoms with van der Waals surface area (Å²) in [7, 11) is 0. The molecular formula is C22H30N4O3. The van der Waals surface area contributed by atoms with Gasteiger partial charge in [-0.15, -0.1) is 0 Å². The zero-order valence-corrected chi connectivity index (χ0v) is 17.8. The van der Waals surface area contributed by atoms with Gasteiger partial charge in [-0.1, -0.05) is 19.9 Å². The number of nitrogens with one attached hydrogen (secondary N) is 2. The normalized spacial score (nSPS) is 11.4. The van der Waals surface area contributed by atoms with Gasteiger partial charge in [0.15, 0.2) is 0 Å². The number of pyridine rings is 2. The van der Waals surface area contributed by atoms with Gasteiger partial charge in [-0.05, 0) is 44.7 Å². The van der Waals surface area contributed by atoms with E-state index in [9.17, 15) is 14.4 Å². The Balaban J connectivity index is 2.34. The fraction of sp³-hybridized carbons (Fsp3) is 0.455. The minimum atomic E-state index is -0.573. The van der Waals surface area contributed by atoms with Gasteiger partial charge in [0.25, 0.3) is 11.8 Å². The molecule has 0 aliphatic carbocycles. The summed E-state index contributed by atoms with van der Waals surface area (Å²) in [5.41, 5.74) is -0.319. The molecule has 156 valence electrons. The number of rotatable bonds is 7. The van der Waals surface area contributed by atoms with Crippen molar-refractivity contribution < 1.29 is 9.59 Å². The van der Waals surface area contributed by atoms with Crippen LogP contribution in [-0.4, -0.2) is 26.9 Å². The van der Waals surface area contributed by atoms with Crippen molar-refractivity contribution in [1.29, 1.82) is 0 Å². The van der Waals surface area contributed by atoms with Crippen molar-refractivity contribution in [3.8, 4) is 0 Å². The Morgan fingerprint density at radius 3 is 2.34 bits per heavy atom. The van der Waals surface area contributed by atoms with Crippen LogP contribution in [-0.2, 0) is 13.1 Å². The third-order valence-electron chi connectivity index (χ3n) is 4.20. The van der Waals surface area contributed by atoms with Crippen molar-refractivity contribution in [3.63, 3.8) is 0 Å². The lowest BCUT2D eigenvalue weighted by Crippen LogP contribution is -2.43. The van der Waals surface area contributed by atoms with Crippen LogP contribution in [0.1, 0.15) is 67.3 Å². The maximum Gasteiger partial charge on any atom is 0.257 e. The van der Waals surface area contributed by atoms with Crippen molar-refractivity contribution in [2.24, 2.45) is 5.92 Å². The van der Waals surface area contributed by atoms with Crippen LogP contribution in [0.4, 0.5) is 0 Å². The number of aryl methyl sites for hydroxylation is 1. The van der Waals surface area contributed by atoms with E-state index in [1.54, 1.807) is 23.0 Å². The summed E-state index contributed by atoms with van der Waals surface area (Å²) in [4.78, 5) is 42.3. The molecule has 0 bridgehead atoms. The number of carbonyl (C=O) groups excluding carboxylic acids is 2. The standard InChI is InChI=1S/C22H30N4O3/c1-15(2)8-10-26-13-17(20(28)24-12-16-7-6-9-23-11-16)19(27)18(14-26)21(29)25-22(3,4)5/h6-7,9,11,13-15H,8,10,12H2,1-5H3,(H,24,28)(H,25,29). The Morgan fingerprint density at radius 1 is 1.14 bits per heavy atom. The van der Waals surface area contributed by atoms with Crippen LogP contribution in [0.15, 0.2) is 41.7 Å². The van der Waals surface area contributed by atoms with E-state index in [1.807, 2.05) is 26.8 Å². The van der Waals surface area contributed by atoms with Gasteiger partial charge in [-0.25, -0.2) is 0 Å². The van der Waals surface area contributed by atoms with Gasteiger partial charge in [0.2, 0.25) is 5.43 Å². The maximum atomic E-state index is 12.9. The molecule has 0 aliphatic heterocycles. The zero-order valence-electron chi connectivity index (χ0n) is 17.8. The molecule has 7 heteroatoms. The summed E-state index contributed by atoms with van der Waals surface area (Å²) < 4.78 is 1.75. The van der Waals surface area contributed by atoms with E-state index >= 15 is 0 Å². The molecule has 0 fully saturated rings. The largest absolute Gasteiger partial charge is 0.352 e. The fourth-order valence-electron chi connectivity index (χ4n) is 2.68. The molecule has 0 aliphatic rings. The fourth-order valence-corrected chi connectivity index (χ4v) is 2.68. The number of nitrogens with zero attached hydrogens (tertiary/aromatic N) is 2. The Kier molecular flexibility index (Phi) is 7.31. The predicted molar refractivity (Wildman–Crippen MR) is 113 cm³/mol. The molecule has 2 aromatic rings. The van der Waals surface area contributed by atoms with E-state index < -0.39 is 22.8 Å². The molecule has 0 spiro atoms. The molecule has 0 atom stereocenters.